The van der Waals surface area contributed by atoms with Crippen molar-refractivity contribution in [3.05, 3.63) is 16.6 Å². The van der Waals surface area contributed by atoms with Gasteiger partial charge in [-0.1, -0.05) is 0 Å². The Hall–Kier alpha value is -1.43. The molecule has 12 heavy (non-hydrogen) atoms. The number of hydrogen-bond donors (Lipinski definition) is 1. The number of aromatic nitrogens is 1. The first kappa shape index (κ1) is 8.66. The van der Waals surface area contributed by atoms with Crippen LogP contribution in [0.5, 0.6) is 0 Å². The van der Waals surface area contributed by atoms with Gasteiger partial charge in [0.15, 0.2) is 0 Å². The molecular formula is C6H6N2O3S. The molecule has 1 rings (SSSR count). The summed E-state index contributed by atoms with van der Waals surface area (Å²) in [5, 5.41) is 0. The number of ether oxygens (including phenoxy) is 1. The van der Waals surface area contributed by atoms with Crippen molar-refractivity contribution in [1.29, 1.82) is 0 Å². The van der Waals surface area contributed by atoms with E-state index in [0.29, 0.717) is 0 Å². The molecule has 1 amide bonds. The number of amides is 1. The third kappa shape index (κ3) is 1.42. The number of carbonyl (C=O) groups is 2. The van der Waals surface area contributed by atoms with Gasteiger partial charge in [-0.2, -0.15) is 4.37 Å². The molecule has 0 saturated carbocycles. The Labute approximate surface area is 72.3 Å². The van der Waals surface area contributed by atoms with Crippen molar-refractivity contribution in [1.82, 2.24) is 4.37 Å². The lowest BCUT2D eigenvalue weighted by molar-refractivity contribution is 0.0603. The summed E-state index contributed by atoms with van der Waals surface area (Å²) in [6.45, 7) is 0. The van der Waals surface area contributed by atoms with Gasteiger partial charge in [-0.15, -0.1) is 0 Å². The van der Waals surface area contributed by atoms with Crippen LogP contribution in [0.1, 0.15) is 20.0 Å². The molecule has 1 aromatic rings. The minimum absolute atomic E-state index is 0.104. The van der Waals surface area contributed by atoms with Crippen LogP contribution in [-0.2, 0) is 4.74 Å². The largest absolute Gasteiger partial charge is 0.465 e. The zero-order chi connectivity index (χ0) is 9.14. The van der Waals surface area contributed by atoms with Gasteiger partial charge in [-0.3, -0.25) is 4.79 Å². The number of esters is 1. The molecular weight excluding hydrogens is 180 g/mol. The zero-order valence-electron chi connectivity index (χ0n) is 6.23. The van der Waals surface area contributed by atoms with Gasteiger partial charge >= 0.3 is 5.97 Å². The van der Waals surface area contributed by atoms with E-state index in [0.717, 1.165) is 11.5 Å². The second-order valence-corrected chi connectivity index (χ2v) is 2.73. The summed E-state index contributed by atoms with van der Waals surface area (Å²) in [6.07, 6.45) is 1.25. The van der Waals surface area contributed by atoms with E-state index in [-0.39, 0.29) is 10.4 Å². The molecule has 0 radical (unpaired) electrons. The van der Waals surface area contributed by atoms with Gasteiger partial charge in [-0.05, 0) is 11.5 Å². The minimum atomic E-state index is -0.677. The number of nitrogens with zero attached hydrogens (tertiary/aromatic N) is 1. The minimum Gasteiger partial charge on any atom is -0.465 e. The van der Waals surface area contributed by atoms with Crippen LogP contribution >= 0.6 is 11.5 Å². The zero-order valence-corrected chi connectivity index (χ0v) is 7.05. The fourth-order valence-electron chi connectivity index (χ4n) is 0.655. The van der Waals surface area contributed by atoms with E-state index in [9.17, 15) is 9.59 Å². The van der Waals surface area contributed by atoms with Crippen LogP contribution in [0.4, 0.5) is 0 Å². The third-order valence-corrected chi connectivity index (χ3v) is 1.99. The lowest BCUT2D eigenvalue weighted by Crippen LogP contribution is -2.14. The number of methoxy groups -OCH3 is 1. The van der Waals surface area contributed by atoms with Crippen LogP contribution in [0.2, 0.25) is 0 Å². The predicted molar refractivity (Wildman–Crippen MR) is 42.0 cm³/mol. The number of nitrogens with two attached hydrogens (primary N) is 1. The van der Waals surface area contributed by atoms with Crippen LogP contribution in [0, 0.1) is 0 Å². The van der Waals surface area contributed by atoms with Gasteiger partial charge in [0.25, 0.3) is 5.91 Å². The first-order valence-electron chi connectivity index (χ1n) is 2.99. The third-order valence-electron chi connectivity index (χ3n) is 1.21. The van der Waals surface area contributed by atoms with E-state index < -0.39 is 11.9 Å². The first-order valence-corrected chi connectivity index (χ1v) is 3.77. The van der Waals surface area contributed by atoms with Crippen LogP contribution in [0.25, 0.3) is 0 Å². The lowest BCUT2D eigenvalue weighted by atomic mass is 10.3. The second-order valence-electron chi connectivity index (χ2n) is 1.92. The second kappa shape index (κ2) is 3.31. The smallest absolute Gasteiger partial charge is 0.350 e. The molecule has 0 aromatic carbocycles. The Balaban J connectivity index is 3.07. The molecule has 0 unspecified atom stereocenters. The van der Waals surface area contributed by atoms with E-state index in [1.165, 1.54) is 13.3 Å². The highest BCUT2D eigenvalue weighted by molar-refractivity contribution is 7.08. The Morgan fingerprint density at radius 3 is 2.83 bits per heavy atom. The van der Waals surface area contributed by atoms with Gasteiger partial charge in [-0.25, -0.2) is 4.79 Å². The quantitative estimate of drug-likeness (QED) is 0.660. The Kier molecular flexibility index (Phi) is 2.39. The van der Waals surface area contributed by atoms with E-state index >= 15 is 0 Å². The molecule has 64 valence electrons. The molecule has 6 heteroatoms. The summed E-state index contributed by atoms with van der Waals surface area (Å²) >= 11 is 0.885. The molecule has 0 saturated heterocycles. The molecule has 0 aliphatic rings. The highest BCUT2D eigenvalue weighted by Crippen LogP contribution is 2.13. The molecule has 0 atom stereocenters. The average Bonchev–Trinajstić information content (AvgIpc) is 2.50. The molecule has 2 N–H and O–H groups in total. The highest BCUT2D eigenvalue weighted by atomic mass is 32.1. The lowest BCUT2D eigenvalue weighted by Gasteiger charge is -1.95. The van der Waals surface area contributed by atoms with Gasteiger partial charge in [0.1, 0.15) is 4.88 Å². The van der Waals surface area contributed by atoms with E-state index in [1.807, 2.05) is 0 Å². The van der Waals surface area contributed by atoms with Gasteiger partial charge in [0, 0.05) is 0 Å². The molecule has 0 aliphatic heterocycles. The van der Waals surface area contributed by atoms with Crippen LogP contribution in [-0.4, -0.2) is 23.4 Å². The van der Waals surface area contributed by atoms with Gasteiger partial charge in [0.05, 0.1) is 18.9 Å². The average molecular weight is 186 g/mol. The summed E-state index contributed by atoms with van der Waals surface area (Å²) < 4.78 is 8.06. The molecule has 0 fully saturated rings. The summed E-state index contributed by atoms with van der Waals surface area (Å²) in [7, 11) is 1.23. The van der Waals surface area contributed by atoms with Crippen molar-refractivity contribution in [2.24, 2.45) is 5.73 Å². The fourth-order valence-corrected chi connectivity index (χ4v) is 1.33. The van der Waals surface area contributed by atoms with Crippen LogP contribution < -0.4 is 5.73 Å². The first-order chi connectivity index (χ1) is 5.66. The standard InChI is InChI=1S/C6H6N2O3S/c1-11-6(10)4-3(5(7)9)2-8-12-4/h2H,1H3,(H2,7,9). The Bertz CT molecular complexity index is 320. The van der Waals surface area contributed by atoms with Crippen LogP contribution in [0.15, 0.2) is 6.20 Å². The Morgan fingerprint density at radius 1 is 1.67 bits per heavy atom. The topological polar surface area (TPSA) is 82.3 Å². The van der Waals surface area contributed by atoms with Crippen molar-refractivity contribution >= 4 is 23.4 Å². The molecule has 5 nitrogen and oxygen atoms in total. The summed E-state index contributed by atoms with van der Waals surface area (Å²) in [5.74, 6) is -1.27. The summed E-state index contributed by atoms with van der Waals surface area (Å²) in [6, 6.07) is 0. The number of primary amides is 1. The van der Waals surface area contributed by atoms with Crippen LogP contribution in [0.3, 0.4) is 0 Å². The van der Waals surface area contributed by atoms with Crippen molar-refractivity contribution < 1.29 is 14.3 Å². The van der Waals surface area contributed by atoms with Crippen molar-refractivity contribution in [3.63, 3.8) is 0 Å². The van der Waals surface area contributed by atoms with Gasteiger partial charge < -0.3 is 10.5 Å². The van der Waals surface area contributed by atoms with Gasteiger partial charge in [0.2, 0.25) is 0 Å². The number of carbonyl (C=O) groups excluding carboxylic acids is 2. The summed E-state index contributed by atoms with van der Waals surface area (Å²) in [5.41, 5.74) is 5.08. The Morgan fingerprint density at radius 2 is 2.33 bits per heavy atom. The van der Waals surface area contributed by atoms with E-state index in [2.05, 4.69) is 9.11 Å². The number of hydrogen-bond acceptors (Lipinski definition) is 5. The maximum atomic E-state index is 10.9. The van der Waals surface area contributed by atoms with Crippen molar-refractivity contribution in [3.8, 4) is 0 Å². The maximum absolute atomic E-state index is 10.9. The molecule has 0 bridgehead atoms. The highest BCUT2D eigenvalue weighted by Gasteiger charge is 2.17. The van der Waals surface area contributed by atoms with E-state index in [1.54, 1.807) is 0 Å². The fraction of sp³-hybridized carbons (Fsp3) is 0.167. The monoisotopic (exact) mass is 186 g/mol. The van der Waals surface area contributed by atoms with E-state index in [4.69, 9.17) is 5.73 Å². The summed E-state index contributed by atoms with van der Waals surface area (Å²) in [4.78, 5) is 21.8. The normalized spacial score (nSPS) is 9.42. The molecule has 0 spiro atoms. The maximum Gasteiger partial charge on any atom is 0.350 e. The SMILES string of the molecule is COC(=O)c1sncc1C(N)=O. The molecule has 1 aromatic heterocycles. The molecule has 1 heterocycles. The predicted octanol–water partition coefficient (Wildman–Crippen LogP) is 0.0286. The van der Waals surface area contributed by atoms with Crippen molar-refractivity contribution in [2.75, 3.05) is 7.11 Å². The number of rotatable bonds is 2. The molecule has 0 aliphatic carbocycles. The van der Waals surface area contributed by atoms with Crippen molar-refractivity contribution in [2.45, 2.75) is 0 Å².